The Balaban J connectivity index is 1.51. The molecule has 3 aromatic rings. The molecule has 27 heavy (non-hydrogen) atoms. The van der Waals surface area contributed by atoms with Gasteiger partial charge in [0.05, 0.1) is 11.4 Å². The van der Waals surface area contributed by atoms with E-state index in [2.05, 4.69) is 33.1 Å². The molecule has 3 aromatic carbocycles. The van der Waals surface area contributed by atoms with E-state index >= 15 is 0 Å². The molecule has 0 unspecified atom stereocenters. The fraction of sp³-hybridized carbons (Fsp3) is 0.0952. The number of anilines is 1. The average Bonchev–Trinajstić information content (AvgIpc) is 2.95. The van der Waals surface area contributed by atoms with E-state index in [-0.39, 0.29) is 18.4 Å². The highest BCUT2D eigenvalue weighted by atomic mass is 127. The van der Waals surface area contributed by atoms with Crippen LogP contribution >= 0.6 is 22.6 Å². The minimum absolute atomic E-state index is 0.0733. The number of hydrazone groups is 1. The summed E-state index contributed by atoms with van der Waals surface area (Å²) in [4.78, 5) is 26.6. The molecule has 1 heterocycles. The lowest BCUT2D eigenvalue weighted by molar-refractivity contribution is -0.119. The molecule has 1 aliphatic heterocycles. The third kappa shape index (κ3) is 3.32. The maximum absolute atomic E-state index is 12.7. The van der Waals surface area contributed by atoms with Crippen LogP contribution in [-0.4, -0.2) is 24.1 Å². The van der Waals surface area contributed by atoms with Crippen molar-refractivity contribution in [3.63, 3.8) is 0 Å². The van der Waals surface area contributed by atoms with Gasteiger partial charge < -0.3 is 0 Å². The van der Waals surface area contributed by atoms with Gasteiger partial charge >= 0.3 is 0 Å². The number of hydrogen-bond donors (Lipinski definition) is 1. The molecule has 0 bridgehead atoms. The van der Waals surface area contributed by atoms with Gasteiger partial charge in [-0.15, -0.1) is 0 Å². The Kier molecular flexibility index (Phi) is 4.65. The molecule has 6 heteroatoms. The Morgan fingerprint density at radius 1 is 1.07 bits per heavy atom. The van der Waals surface area contributed by atoms with Gasteiger partial charge in [0.2, 0.25) is 0 Å². The molecule has 0 radical (unpaired) electrons. The van der Waals surface area contributed by atoms with Crippen molar-refractivity contribution in [3.05, 3.63) is 75.4 Å². The van der Waals surface area contributed by atoms with Gasteiger partial charge in [-0.1, -0.05) is 36.4 Å². The third-order valence-electron chi connectivity index (χ3n) is 4.56. The van der Waals surface area contributed by atoms with Crippen LogP contribution in [0, 0.1) is 3.57 Å². The lowest BCUT2D eigenvalue weighted by atomic mass is 10.1. The SMILES string of the molecule is C/C(=N\NC(=O)CN1C(=O)c2cccc3cccc1c23)c1ccc(I)cc1. The highest BCUT2D eigenvalue weighted by molar-refractivity contribution is 14.1. The van der Waals surface area contributed by atoms with Crippen LogP contribution in [0.2, 0.25) is 0 Å². The van der Waals surface area contributed by atoms with Crippen molar-refractivity contribution >= 4 is 56.6 Å². The Hall–Kier alpha value is -2.74. The monoisotopic (exact) mass is 469 g/mol. The number of nitrogens with zero attached hydrogens (tertiary/aromatic N) is 2. The largest absolute Gasteiger partial charge is 0.298 e. The molecule has 2 amide bonds. The number of amides is 2. The van der Waals surface area contributed by atoms with E-state index in [9.17, 15) is 9.59 Å². The normalized spacial score (nSPS) is 13.3. The molecule has 0 aromatic heterocycles. The zero-order valence-electron chi connectivity index (χ0n) is 14.6. The molecule has 0 saturated heterocycles. The fourth-order valence-corrected chi connectivity index (χ4v) is 3.58. The standard InChI is InChI=1S/C21H16IN3O2/c1-13(14-8-10-16(22)11-9-14)23-24-19(26)12-25-18-7-3-5-15-4-2-6-17(20(15)18)21(25)27/h2-11H,12H2,1H3,(H,24,26)/b23-13+. The number of benzene rings is 3. The first-order valence-corrected chi connectivity index (χ1v) is 9.55. The third-order valence-corrected chi connectivity index (χ3v) is 5.28. The topological polar surface area (TPSA) is 61.8 Å². The first kappa shape index (κ1) is 17.7. The Morgan fingerprint density at radius 2 is 1.78 bits per heavy atom. The van der Waals surface area contributed by atoms with Crippen LogP contribution in [0.5, 0.6) is 0 Å². The summed E-state index contributed by atoms with van der Waals surface area (Å²) in [6, 6.07) is 19.2. The Labute approximate surface area is 170 Å². The van der Waals surface area contributed by atoms with Crippen LogP contribution < -0.4 is 10.3 Å². The number of carbonyl (C=O) groups excluding carboxylic acids is 2. The van der Waals surface area contributed by atoms with Crippen molar-refractivity contribution in [1.29, 1.82) is 0 Å². The van der Waals surface area contributed by atoms with Crippen LogP contribution in [0.4, 0.5) is 5.69 Å². The molecule has 0 fully saturated rings. The van der Waals surface area contributed by atoms with Crippen molar-refractivity contribution in [1.82, 2.24) is 5.43 Å². The number of nitrogens with one attached hydrogen (secondary N) is 1. The second kappa shape index (κ2) is 7.11. The van der Waals surface area contributed by atoms with Crippen molar-refractivity contribution in [3.8, 4) is 0 Å². The van der Waals surface area contributed by atoms with E-state index < -0.39 is 0 Å². The minimum atomic E-state index is -0.335. The van der Waals surface area contributed by atoms with Gasteiger partial charge in [0, 0.05) is 14.5 Å². The van der Waals surface area contributed by atoms with Crippen molar-refractivity contribution < 1.29 is 9.59 Å². The molecule has 4 rings (SSSR count). The van der Waals surface area contributed by atoms with Crippen LogP contribution in [0.1, 0.15) is 22.8 Å². The maximum atomic E-state index is 12.7. The van der Waals surface area contributed by atoms with Crippen molar-refractivity contribution in [2.45, 2.75) is 6.92 Å². The van der Waals surface area contributed by atoms with Crippen LogP contribution in [0.15, 0.2) is 65.8 Å². The van der Waals surface area contributed by atoms with Gasteiger partial charge in [-0.25, -0.2) is 5.43 Å². The maximum Gasteiger partial charge on any atom is 0.260 e. The van der Waals surface area contributed by atoms with E-state index in [1.54, 1.807) is 6.07 Å². The quantitative estimate of drug-likeness (QED) is 0.358. The zero-order chi connectivity index (χ0) is 19.0. The summed E-state index contributed by atoms with van der Waals surface area (Å²) >= 11 is 2.24. The molecule has 0 saturated carbocycles. The summed E-state index contributed by atoms with van der Waals surface area (Å²) in [7, 11) is 0. The molecule has 0 aliphatic carbocycles. The van der Waals surface area contributed by atoms with Crippen molar-refractivity contribution in [2.24, 2.45) is 5.10 Å². The van der Waals surface area contributed by atoms with Gasteiger partial charge in [0.25, 0.3) is 11.8 Å². The first-order valence-electron chi connectivity index (χ1n) is 8.47. The molecule has 0 spiro atoms. The van der Waals surface area contributed by atoms with E-state index in [1.807, 2.05) is 61.5 Å². The number of halogens is 1. The summed E-state index contributed by atoms with van der Waals surface area (Å²) in [5, 5.41) is 6.06. The van der Waals surface area contributed by atoms with Gasteiger partial charge in [-0.3, -0.25) is 14.5 Å². The van der Waals surface area contributed by atoms with Gasteiger partial charge in [-0.2, -0.15) is 5.10 Å². The van der Waals surface area contributed by atoms with Gasteiger partial charge in [0.15, 0.2) is 0 Å². The zero-order valence-corrected chi connectivity index (χ0v) is 16.7. The van der Waals surface area contributed by atoms with Crippen LogP contribution in [0.25, 0.3) is 10.8 Å². The molecule has 1 aliphatic rings. The summed E-state index contributed by atoms with van der Waals surface area (Å²) in [5.41, 5.74) is 5.60. The van der Waals surface area contributed by atoms with Crippen LogP contribution in [-0.2, 0) is 4.79 Å². The second-order valence-electron chi connectivity index (χ2n) is 6.31. The van der Waals surface area contributed by atoms with E-state index in [4.69, 9.17) is 0 Å². The fourth-order valence-electron chi connectivity index (χ4n) is 3.22. The highest BCUT2D eigenvalue weighted by Gasteiger charge is 2.30. The summed E-state index contributed by atoms with van der Waals surface area (Å²) in [6.07, 6.45) is 0. The molecule has 1 N–H and O–H groups in total. The van der Waals surface area contributed by atoms with E-state index in [1.165, 1.54) is 4.90 Å². The van der Waals surface area contributed by atoms with E-state index in [0.717, 1.165) is 25.6 Å². The predicted octanol–water partition coefficient (Wildman–Crippen LogP) is 3.95. The summed E-state index contributed by atoms with van der Waals surface area (Å²) in [5.74, 6) is -0.492. The molecule has 0 atom stereocenters. The highest BCUT2D eigenvalue weighted by Crippen LogP contribution is 2.36. The average molecular weight is 469 g/mol. The summed E-state index contributed by atoms with van der Waals surface area (Å²) in [6.45, 7) is 1.76. The minimum Gasteiger partial charge on any atom is -0.298 e. The number of hydrogen-bond acceptors (Lipinski definition) is 3. The summed E-state index contributed by atoms with van der Waals surface area (Å²) < 4.78 is 1.13. The Morgan fingerprint density at radius 3 is 2.52 bits per heavy atom. The predicted molar refractivity (Wildman–Crippen MR) is 115 cm³/mol. The second-order valence-corrected chi connectivity index (χ2v) is 7.56. The number of rotatable bonds is 4. The molecule has 5 nitrogen and oxygen atoms in total. The molecular weight excluding hydrogens is 453 g/mol. The first-order chi connectivity index (χ1) is 13.0. The molecular formula is C21H16IN3O2. The van der Waals surface area contributed by atoms with Crippen LogP contribution in [0.3, 0.4) is 0 Å². The molecule has 134 valence electrons. The van der Waals surface area contributed by atoms with E-state index in [0.29, 0.717) is 11.3 Å². The smallest absolute Gasteiger partial charge is 0.260 e. The lowest BCUT2D eigenvalue weighted by Gasteiger charge is -2.16. The van der Waals surface area contributed by atoms with Gasteiger partial charge in [-0.05, 0) is 64.7 Å². The lowest BCUT2D eigenvalue weighted by Crippen LogP contribution is -2.37. The van der Waals surface area contributed by atoms with Gasteiger partial charge in [0.1, 0.15) is 6.54 Å². The number of carbonyl (C=O) groups is 2. The van der Waals surface area contributed by atoms with Crippen molar-refractivity contribution in [2.75, 3.05) is 11.4 Å². The Bertz CT molecular complexity index is 1090.